The zero-order valence-corrected chi connectivity index (χ0v) is 6.74. The lowest BCUT2D eigenvalue weighted by Gasteiger charge is -2.22. The van der Waals surface area contributed by atoms with Crippen molar-refractivity contribution in [2.24, 2.45) is 5.41 Å². The van der Waals surface area contributed by atoms with Crippen molar-refractivity contribution in [1.29, 1.82) is 0 Å². The smallest absolute Gasteiger partial charge is 0.121 e. The van der Waals surface area contributed by atoms with E-state index >= 15 is 0 Å². The van der Waals surface area contributed by atoms with Crippen LogP contribution in [-0.2, 0) is 0 Å². The van der Waals surface area contributed by atoms with E-state index in [-0.39, 0.29) is 11.2 Å². The molecule has 0 spiro atoms. The van der Waals surface area contributed by atoms with Crippen molar-refractivity contribution in [3.8, 4) is 0 Å². The first-order valence-corrected chi connectivity index (χ1v) is 3.57. The molecular weight excluding hydrogens is 127 g/mol. The molecule has 0 nitrogen and oxygen atoms in total. The molecule has 0 aliphatic heterocycles. The number of rotatable bonds is 0. The van der Waals surface area contributed by atoms with Crippen molar-refractivity contribution < 1.29 is 4.39 Å². The van der Waals surface area contributed by atoms with Gasteiger partial charge in [-0.3, -0.25) is 0 Å². The van der Waals surface area contributed by atoms with E-state index in [1.807, 2.05) is 13.0 Å². The van der Waals surface area contributed by atoms with Crippen LogP contribution in [0, 0.1) is 5.41 Å². The summed E-state index contributed by atoms with van der Waals surface area (Å²) in [5.41, 5.74) is 0.927. The number of hydrogen-bond donors (Lipinski definition) is 0. The normalized spacial score (nSPS) is 23.6. The van der Waals surface area contributed by atoms with Gasteiger partial charge in [-0.1, -0.05) is 19.9 Å². The molecule has 0 radical (unpaired) electrons. The minimum Gasteiger partial charge on any atom is -0.207 e. The van der Waals surface area contributed by atoms with Crippen LogP contribution in [0.1, 0.15) is 27.2 Å². The van der Waals surface area contributed by atoms with E-state index in [4.69, 9.17) is 0 Å². The second-order valence-electron chi connectivity index (χ2n) is 3.57. The molecule has 0 aromatic rings. The molecule has 1 heteroatoms. The summed E-state index contributed by atoms with van der Waals surface area (Å²) in [5, 5.41) is 0. The van der Waals surface area contributed by atoms with Crippen LogP contribution in [0.15, 0.2) is 23.6 Å². The Labute approximate surface area is 61.4 Å². The first-order chi connectivity index (χ1) is 4.51. The standard InChI is InChI=1S/C9H13F/c1-7-6-9(2,3)5-4-8(7)10/h4,6H,5H2,1-3H3. The third kappa shape index (κ3) is 1.47. The molecule has 1 rings (SSSR count). The quantitative estimate of drug-likeness (QED) is 0.484. The van der Waals surface area contributed by atoms with Crippen LogP contribution in [0.3, 0.4) is 0 Å². The van der Waals surface area contributed by atoms with Crippen LogP contribution in [0.5, 0.6) is 0 Å². The van der Waals surface area contributed by atoms with Gasteiger partial charge < -0.3 is 0 Å². The minimum atomic E-state index is -0.0562. The summed E-state index contributed by atoms with van der Waals surface area (Å²) >= 11 is 0. The molecule has 0 bridgehead atoms. The van der Waals surface area contributed by atoms with Gasteiger partial charge in [0.15, 0.2) is 0 Å². The molecule has 0 unspecified atom stereocenters. The van der Waals surface area contributed by atoms with E-state index in [9.17, 15) is 4.39 Å². The number of allylic oxidation sites excluding steroid dienone is 4. The average molecular weight is 140 g/mol. The van der Waals surface area contributed by atoms with Gasteiger partial charge in [-0.05, 0) is 30.4 Å². The number of halogens is 1. The van der Waals surface area contributed by atoms with E-state index in [1.54, 1.807) is 6.08 Å². The fourth-order valence-electron chi connectivity index (χ4n) is 1.23. The van der Waals surface area contributed by atoms with Crippen LogP contribution in [0.2, 0.25) is 0 Å². The fraction of sp³-hybridized carbons (Fsp3) is 0.556. The van der Waals surface area contributed by atoms with Crippen LogP contribution < -0.4 is 0 Å². The molecule has 0 fully saturated rings. The Bertz CT molecular complexity index is 197. The van der Waals surface area contributed by atoms with E-state index in [2.05, 4.69) is 13.8 Å². The largest absolute Gasteiger partial charge is 0.207 e. The predicted molar refractivity (Wildman–Crippen MR) is 41.3 cm³/mol. The molecular formula is C9H13F. The SMILES string of the molecule is CC1=CC(C)(C)CC=C1F. The molecule has 10 heavy (non-hydrogen) atoms. The van der Waals surface area contributed by atoms with Crippen molar-refractivity contribution in [3.63, 3.8) is 0 Å². The monoisotopic (exact) mass is 140 g/mol. The Morgan fingerprint density at radius 3 is 2.50 bits per heavy atom. The molecule has 0 saturated heterocycles. The molecule has 1 aliphatic rings. The zero-order chi connectivity index (χ0) is 7.78. The average Bonchev–Trinajstić information content (AvgIpc) is 1.79. The van der Waals surface area contributed by atoms with Crippen molar-refractivity contribution in [3.05, 3.63) is 23.6 Å². The van der Waals surface area contributed by atoms with Gasteiger partial charge in [-0.15, -0.1) is 0 Å². The lowest BCUT2D eigenvalue weighted by molar-refractivity contribution is 0.462. The minimum absolute atomic E-state index is 0.0562. The Balaban J connectivity index is 2.87. The lowest BCUT2D eigenvalue weighted by atomic mass is 9.83. The Hall–Kier alpha value is -0.590. The Kier molecular flexibility index (Phi) is 1.67. The van der Waals surface area contributed by atoms with Crippen molar-refractivity contribution >= 4 is 0 Å². The summed E-state index contributed by atoms with van der Waals surface area (Å²) in [7, 11) is 0. The molecule has 0 saturated carbocycles. The molecule has 56 valence electrons. The fourth-order valence-corrected chi connectivity index (χ4v) is 1.23. The highest BCUT2D eigenvalue weighted by Crippen LogP contribution is 2.32. The summed E-state index contributed by atoms with van der Waals surface area (Å²) in [6.07, 6.45) is 4.47. The maximum Gasteiger partial charge on any atom is 0.121 e. The Morgan fingerprint density at radius 2 is 2.10 bits per heavy atom. The lowest BCUT2D eigenvalue weighted by Crippen LogP contribution is -2.10. The van der Waals surface area contributed by atoms with E-state index in [1.165, 1.54) is 0 Å². The van der Waals surface area contributed by atoms with Gasteiger partial charge in [0, 0.05) is 0 Å². The van der Waals surface area contributed by atoms with Gasteiger partial charge in [-0.25, -0.2) is 4.39 Å². The maximum atomic E-state index is 12.7. The molecule has 0 amide bonds. The van der Waals surface area contributed by atoms with Gasteiger partial charge in [0.1, 0.15) is 5.83 Å². The first kappa shape index (κ1) is 7.52. The summed E-state index contributed by atoms with van der Waals surface area (Å²) in [6, 6.07) is 0. The van der Waals surface area contributed by atoms with Gasteiger partial charge in [-0.2, -0.15) is 0 Å². The van der Waals surface area contributed by atoms with Gasteiger partial charge in [0.2, 0.25) is 0 Å². The second kappa shape index (κ2) is 2.22. The van der Waals surface area contributed by atoms with Crippen LogP contribution in [0.4, 0.5) is 4.39 Å². The second-order valence-corrected chi connectivity index (χ2v) is 3.57. The molecule has 0 N–H and O–H groups in total. The van der Waals surface area contributed by atoms with Crippen molar-refractivity contribution in [2.45, 2.75) is 27.2 Å². The zero-order valence-electron chi connectivity index (χ0n) is 6.74. The van der Waals surface area contributed by atoms with Crippen LogP contribution in [-0.4, -0.2) is 0 Å². The van der Waals surface area contributed by atoms with Gasteiger partial charge >= 0.3 is 0 Å². The molecule has 0 heterocycles. The highest BCUT2D eigenvalue weighted by molar-refractivity contribution is 5.29. The van der Waals surface area contributed by atoms with Crippen LogP contribution in [0.25, 0.3) is 0 Å². The third-order valence-corrected chi connectivity index (χ3v) is 1.79. The van der Waals surface area contributed by atoms with Crippen molar-refractivity contribution in [1.82, 2.24) is 0 Å². The first-order valence-electron chi connectivity index (χ1n) is 3.57. The summed E-state index contributed by atoms with van der Waals surface area (Å²) in [5.74, 6) is -0.0562. The maximum absolute atomic E-state index is 12.7. The summed E-state index contributed by atoms with van der Waals surface area (Å²) in [4.78, 5) is 0. The Morgan fingerprint density at radius 1 is 1.50 bits per heavy atom. The van der Waals surface area contributed by atoms with E-state index in [0.29, 0.717) is 0 Å². The molecule has 0 aromatic carbocycles. The topological polar surface area (TPSA) is 0 Å². The highest BCUT2D eigenvalue weighted by atomic mass is 19.1. The molecule has 1 aliphatic carbocycles. The van der Waals surface area contributed by atoms with Gasteiger partial charge in [0.05, 0.1) is 0 Å². The van der Waals surface area contributed by atoms with Crippen molar-refractivity contribution in [2.75, 3.05) is 0 Å². The summed E-state index contributed by atoms with van der Waals surface area (Å²) in [6.45, 7) is 6.03. The van der Waals surface area contributed by atoms with Gasteiger partial charge in [0.25, 0.3) is 0 Å². The van der Waals surface area contributed by atoms with Crippen LogP contribution >= 0.6 is 0 Å². The highest BCUT2D eigenvalue weighted by Gasteiger charge is 2.18. The number of hydrogen-bond acceptors (Lipinski definition) is 0. The third-order valence-electron chi connectivity index (χ3n) is 1.79. The summed E-state index contributed by atoms with van der Waals surface area (Å²) < 4.78 is 12.7. The molecule has 0 aromatic heterocycles. The predicted octanol–water partition coefficient (Wildman–Crippen LogP) is 3.22. The van der Waals surface area contributed by atoms with E-state index in [0.717, 1.165) is 12.0 Å². The molecule has 0 atom stereocenters. The van der Waals surface area contributed by atoms with E-state index < -0.39 is 0 Å².